The Balaban J connectivity index is 1.71. The van der Waals surface area contributed by atoms with Crippen LogP contribution < -0.4 is 15.7 Å². The molecule has 0 aliphatic heterocycles. The van der Waals surface area contributed by atoms with Crippen LogP contribution in [-0.2, 0) is 11.3 Å². The fourth-order valence-corrected chi connectivity index (χ4v) is 2.63. The van der Waals surface area contributed by atoms with Gasteiger partial charge in [0.15, 0.2) is 0 Å². The van der Waals surface area contributed by atoms with Gasteiger partial charge < -0.3 is 10.1 Å². The van der Waals surface area contributed by atoms with Gasteiger partial charge in [0.05, 0.1) is 18.8 Å². The molecule has 26 heavy (non-hydrogen) atoms. The number of carbonyl (C=O) groups excluding carboxylic acids is 1. The van der Waals surface area contributed by atoms with Crippen molar-refractivity contribution in [1.82, 2.24) is 25.1 Å². The summed E-state index contributed by atoms with van der Waals surface area (Å²) >= 11 is 0. The Bertz CT molecular complexity index is 949. The van der Waals surface area contributed by atoms with Gasteiger partial charge in [-0.2, -0.15) is 9.36 Å². The third kappa shape index (κ3) is 3.64. The van der Waals surface area contributed by atoms with Gasteiger partial charge in [0.1, 0.15) is 12.3 Å². The summed E-state index contributed by atoms with van der Waals surface area (Å²) in [7, 11) is 1.58. The monoisotopic (exact) mass is 353 g/mol. The lowest BCUT2D eigenvalue weighted by Gasteiger charge is -2.16. The lowest BCUT2D eigenvalue weighted by Crippen LogP contribution is -2.34. The van der Waals surface area contributed by atoms with Crippen LogP contribution >= 0.6 is 0 Å². The molecule has 1 amide bonds. The second-order valence-electron chi connectivity index (χ2n) is 5.70. The molecule has 3 aromatic rings. The molecule has 0 aliphatic carbocycles. The molecule has 134 valence electrons. The molecular weight excluding hydrogens is 334 g/mol. The zero-order valence-corrected chi connectivity index (χ0v) is 14.5. The molecule has 8 nitrogen and oxygen atoms in total. The Kier molecular flexibility index (Phi) is 5.12. The topological polar surface area (TPSA) is 91.0 Å². The van der Waals surface area contributed by atoms with E-state index in [0.717, 1.165) is 14.9 Å². The fraction of sp³-hybridized carbons (Fsp3) is 0.222. The van der Waals surface area contributed by atoms with Crippen LogP contribution in [0.15, 0.2) is 59.4 Å². The van der Waals surface area contributed by atoms with Gasteiger partial charge in [0.2, 0.25) is 5.91 Å². The van der Waals surface area contributed by atoms with Crippen LogP contribution in [0.5, 0.6) is 5.75 Å². The second-order valence-corrected chi connectivity index (χ2v) is 5.70. The van der Waals surface area contributed by atoms with Gasteiger partial charge in [0, 0.05) is 5.56 Å². The molecule has 3 rings (SSSR count). The zero-order chi connectivity index (χ0) is 18.5. The first kappa shape index (κ1) is 17.4. The van der Waals surface area contributed by atoms with Crippen LogP contribution in [-0.4, -0.2) is 32.8 Å². The van der Waals surface area contributed by atoms with Crippen molar-refractivity contribution in [2.75, 3.05) is 7.11 Å². The normalized spacial score (nSPS) is 11.8. The van der Waals surface area contributed by atoms with Gasteiger partial charge in [-0.25, -0.2) is 4.79 Å². The minimum absolute atomic E-state index is 0.217. The standard InChI is InChI=1S/C18H19N5O3/c1-13(15-10-6-7-11-16(15)26-2)19-17(24)12-22-18(25)23(21-20-22)14-8-4-3-5-9-14/h3-11,13H,12H2,1-2H3,(H,19,24)/t13-/m1/s1. The Labute approximate surface area is 150 Å². The first-order chi connectivity index (χ1) is 12.6. The molecule has 0 spiro atoms. The van der Waals surface area contributed by atoms with Crippen molar-refractivity contribution < 1.29 is 9.53 Å². The van der Waals surface area contributed by atoms with E-state index in [0.29, 0.717) is 11.4 Å². The molecule has 1 heterocycles. The molecule has 0 bridgehead atoms. The maximum atomic E-state index is 12.4. The van der Waals surface area contributed by atoms with E-state index in [1.807, 2.05) is 37.3 Å². The second kappa shape index (κ2) is 7.64. The summed E-state index contributed by atoms with van der Waals surface area (Å²) in [6.45, 7) is 1.63. The summed E-state index contributed by atoms with van der Waals surface area (Å²) in [6, 6.07) is 16.1. The van der Waals surface area contributed by atoms with Gasteiger partial charge >= 0.3 is 5.69 Å². The third-order valence-corrected chi connectivity index (χ3v) is 3.92. The highest BCUT2D eigenvalue weighted by molar-refractivity contribution is 5.76. The predicted octanol–water partition coefficient (Wildman–Crippen LogP) is 1.31. The number of ether oxygens (including phenoxy) is 1. The Morgan fingerprint density at radius 1 is 1.12 bits per heavy atom. The van der Waals surface area contributed by atoms with Gasteiger partial charge in [-0.05, 0) is 35.5 Å². The molecule has 0 saturated heterocycles. The number of nitrogens with zero attached hydrogens (tertiary/aromatic N) is 4. The fourth-order valence-electron chi connectivity index (χ4n) is 2.63. The number of para-hydroxylation sites is 2. The van der Waals surface area contributed by atoms with Crippen molar-refractivity contribution in [2.45, 2.75) is 19.5 Å². The summed E-state index contributed by atoms with van der Waals surface area (Å²) in [5.41, 5.74) is 0.964. The molecule has 0 aliphatic rings. The van der Waals surface area contributed by atoms with Crippen LogP contribution in [0.25, 0.3) is 5.69 Å². The van der Waals surface area contributed by atoms with E-state index in [4.69, 9.17) is 4.74 Å². The van der Waals surface area contributed by atoms with Crippen LogP contribution in [0.1, 0.15) is 18.5 Å². The third-order valence-electron chi connectivity index (χ3n) is 3.92. The Hall–Kier alpha value is -3.42. The highest BCUT2D eigenvalue weighted by Gasteiger charge is 2.16. The lowest BCUT2D eigenvalue weighted by molar-refractivity contribution is -0.122. The molecule has 0 fully saturated rings. The van der Waals surface area contributed by atoms with Gasteiger partial charge in [0.25, 0.3) is 0 Å². The van der Waals surface area contributed by atoms with E-state index in [1.54, 1.807) is 31.4 Å². The van der Waals surface area contributed by atoms with E-state index in [2.05, 4.69) is 15.7 Å². The first-order valence-electron chi connectivity index (χ1n) is 8.10. The van der Waals surface area contributed by atoms with E-state index in [-0.39, 0.29) is 18.5 Å². The molecular formula is C18H19N5O3. The average Bonchev–Trinajstić information content (AvgIpc) is 3.02. The molecule has 8 heteroatoms. The number of nitrogens with one attached hydrogen (secondary N) is 1. The molecule has 1 N–H and O–H groups in total. The van der Waals surface area contributed by atoms with Gasteiger partial charge in [-0.3, -0.25) is 4.79 Å². The van der Waals surface area contributed by atoms with E-state index in [1.165, 1.54) is 0 Å². The summed E-state index contributed by atoms with van der Waals surface area (Å²) in [5.74, 6) is 0.345. The lowest BCUT2D eigenvalue weighted by atomic mass is 10.1. The van der Waals surface area contributed by atoms with E-state index >= 15 is 0 Å². The van der Waals surface area contributed by atoms with Gasteiger partial charge in [-0.1, -0.05) is 36.4 Å². The molecule has 0 radical (unpaired) electrons. The van der Waals surface area contributed by atoms with Crippen molar-refractivity contribution in [3.05, 3.63) is 70.6 Å². The van der Waals surface area contributed by atoms with Gasteiger partial charge in [-0.15, -0.1) is 0 Å². The summed E-state index contributed by atoms with van der Waals surface area (Å²) in [6.07, 6.45) is 0. The van der Waals surface area contributed by atoms with E-state index in [9.17, 15) is 9.59 Å². The number of amides is 1. The average molecular weight is 353 g/mol. The van der Waals surface area contributed by atoms with Crippen LogP contribution in [0.2, 0.25) is 0 Å². The number of benzene rings is 2. The van der Waals surface area contributed by atoms with Crippen molar-refractivity contribution in [2.24, 2.45) is 0 Å². The number of carbonyl (C=O) groups is 1. The number of tetrazole rings is 1. The molecule has 2 aromatic carbocycles. The Morgan fingerprint density at radius 3 is 2.54 bits per heavy atom. The zero-order valence-electron chi connectivity index (χ0n) is 14.5. The minimum Gasteiger partial charge on any atom is -0.496 e. The molecule has 1 aromatic heterocycles. The van der Waals surface area contributed by atoms with Crippen molar-refractivity contribution in [3.8, 4) is 11.4 Å². The maximum Gasteiger partial charge on any atom is 0.368 e. The highest BCUT2D eigenvalue weighted by Crippen LogP contribution is 2.24. The molecule has 0 saturated carbocycles. The number of rotatable bonds is 6. The Morgan fingerprint density at radius 2 is 1.81 bits per heavy atom. The van der Waals surface area contributed by atoms with Crippen LogP contribution in [0.4, 0.5) is 0 Å². The van der Waals surface area contributed by atoms with Crippen molar-refractivity contribution in [1.29, 1.82) is 0 Å². The quantitative estimate of drug-likeness (QED) is 0.722. The summed E-state index contributed by atoms with van der Waals surface area (Å²) < 4.78 is 7.48. The number of aromatic nitrogens is 4. The number of hydrogen-bond acceptors (Lipinski definition) is 5. The highest BCUT2D eigenvalue weighted by atomic mass is 16.5. The van der Waals surface area contributed by atoms with Crippen molar-refractivity contribution in [3.63, 3.8) is 0 Å². The van der Waals surface area contributed by atoms with E-state index < -0.39 is 5.69 Å². The smallest absolute Gasteiger partial charge is 0.368 e. The number of methoxy groups -OCH3 is 1. The molecule has 1 atom stereocenters. The van der Waals surface area contributed by atoms with Crippen LogP contribution in [0, 0.1) is 0 Å². The summed E-state index contributed by atoms with van der Waals surface area (Å²) in [5, 5.41) is 10.4. The van der Waals surface area contributed by atoms with Crippen molar-refractivity contribution >= 4 is 5.91 Å². The number of hydrogen-bond donors (Lipinski definition) is 1. The molecule has 0 unspecified atom stereocenters. The largest absolute Gasteiger partial charge is 0.496 e. The summed E-state index contributed by atoms with van der Waals surface area (Å²) in [4.78, 5) is 24.7. The maximum absolute atomic E-state index is 12.4. The SMILES string of the molecule is COc1ccccc1[C@@H](C)NC(=O)Cn1nnn(-c2ccccc2)c1=O. The first-order valence-corrected chi connectivity index (χ1v) is 8.10. The predicted molar refractivity (Wildman–Crippen MR) is 95.2 cm³/mol. The minimum atomic E-state index is -0.476. The van der Waals surface area contributed by atoms with Crippen LogP contribution in [0.3, 0.4) is 0 Å².